The molecule has 2 aromatic carbocycles. The molecule has 0 heterocycles. The smallest absolute Gasteiger partial charge is 0.327 e. The first-order chi connectivity index (χ1) is 9.72. The summed E-state index contributed by atoms with van der Waals surface area (Å²) < 4.78 is 4.80. The molecule has 0 aromatic heterocycles. The van der Waals surface area contributed by atoms with Crippen LogP contribution < -0.4 is 5.32 Å². The predicted molar refractivity (Wildman–Crippen MR) is 76.1 cm³/mol. The topological polar surface area (TPSA) is 58.6 Å². The van der Waals surface area contributed by atoms with E-state index in [9.17, 15) is 9.90 Å². The molecule has 104 valence electrons. The van der Waals surface area contributed by atoms with Gasteiger partial charge in [0.15, 0.2) is 0 Å². The van der Waals surface area contributed by atoms with Gasteiger partial charge in [0.25, 0.3) is 0 Å². The molecular weight excluding hydrogens is 254 g/mol. The van der Waals surface area contributed by atoms with Crippen molar-refractivity contribution in [2.75, 3.05) is 7.11 Å². The first-order valence-electron chi connectivity index (χ1n) is 6.35. The van der Waals surface area contributed by atoms with Crippen LogP contribution >= 0.6 is 0 Å². The summed E-state index contributed by atoms with van der Waals surface area (Å²) in [5, 5.41) is 13.0. The Morgan fingerprint density at radius 3 is 2.45 bits per heavy atom. The van der Waals surface area contributed by atoms with Crippen LogP contribution in [0.15, 0.2) is 54.6 Å². The highest BCUT2D eigenvalue weighted by Crippen LogP contribution is 2.24. The Morgan fingerprint density at radius 2 is 1.80 bits per heavy atom. The summed E-state index contributed by atoms with van der Waals surface area (Å²) in [6.45, 7) is 0.509. The van der Waals surface area contributed by atoms with Gasteiger partial charge in [-0.15, -0.1) is 0 Å². The number of carbonyl (C=O) groups excluding carboxylic acids is 1. The average molecular weight is 271 g/mol. The van der Waals surface area contributed by atoms with Gasteiger partial charge in [0.1, 0.15) is 11.8 Å². The van der Waals surface area contributed by atoms with Crippen LogP contribution in [0.3, 0.4) is 0 Å². The van der Waals surface area contributed by atoms with Gasteiger partial charge < -0.3 is 9.84 Å². The summed E-state index contributed by atoms with van der Waals surface area (Å²) in [5.74, 6) is -0.356. The number of hydrogen-bond donors (Lipinski definition) is 2. The number of phenolic OH excluding ortho intramolecular Hbond substituents is 1. The third-order valence-electron chi connectivity index (χ3n) is 3.04. The lowest BCUT2D eigenvalue weighted by Crippen LogP contribution is -2.29. The molecule has 2 aromatic rings. The van der Waals surface area contributed by atoms with E-state index < -0.39 is 12.0 Å². The Bertz CT molecular complexity index is 569. The second-order valence-corrected chi connectivity index (χ2v) is 4.38. The SMILES string of the molecule is COC(=O)C(NCc1ccccc1)c1ccccc1O. The third kappa shape index (κ3) is 3.36. The maximum absolute atomic E-state index is 11.9. The minimum absolute atomic E-state index is 0.0726. The molecule has 0 aliphatic heterocycles. The van der Waals surface area contributed by atoms with Crippen LogP contribution in [0, 0.1) is 0 Å². The molecule has 0 radical (unpaired) electrons. The van der Waals surface area contributed by atoms with Crippen molar-refractivity contribution in [1.29, 1.82) is 0 Å². The number of nitrogens with one attached hydrogen (secondary N) is 1. The molecule has 0 fully saturated rings. The fraction of sp³-hybridized carbons (Fsp3) is 0.188. The second-order valence-electron chi connectivity index (χ2n) is 4.38. The number of phenols is 1. The molecule has 1 unspecified atom stereocenters. The fourth-order valence-corrected chi connectivity index (χ4v) is 1.99. The molecule has 0 aliphatic rings. The molecule has 20 heavy (non-hydrogen) atoms. The molecule has 4 nitrogen and oxygen atoms in total. The van der Waals surface area contributed by atoms with Gasteiger partial charge in [-0.05, 0) is 11.6 Å². The Balaban J connectivity index is 2.17. The van der Waals surface area contributed by atoms with E-state index in [1.807, 2.05) is 30.3 Å². The first-order valence-corrected chi connectivity index (χ1v) is 6.35. The van der Waals surface area contributed by atoms with Gasteiger partial charge in [-0.1, -0.05) is 48.5 Å². The van der Waals surface area contributed by atoms with E-state index >= 15 is 0 Å². The van der Waals surface area contributed by atoms with Gasteiger partial charge >= 0.3 is 5.97 Å². The summed E-state index contributed by atoms with van der Waals surface area (Å²) in [5.41, 5.74) is 1.56. The van der Waals surface area contributed by atoms with E-state index in [0.29, 0.717) is 12.1 Å². The molecule has 2 N–H and O–H groups in total. The van der Waals surface area contributed by atoms with Gasteiger partial charge in [-0.2, -0.15) is 0 Å². The van der Waals surface area contributed by atoms with Crippen molar-refractivity contribution in [3.05, 3.63) is 65.7 Å². The molecule has 4 heteroatoms. The van der Waals surface area contributed by atoms with E-state index in [1.165, 1.54) is 7.11 Å². The summed E-state index contributed by atoms with van der Waals surface area (Å²) in [4.78, 5) is 11.9. The quantitative estimate of drug-likeness (QED) is 0.820. The molecule has 0 amide bonds. The van der Waals surface area contributed by atoms with Crippen LogP contribution in [0.5, 0.6) is 5.75 Å². The van der Waals surface area contributed by atoms with Crippen LogP contribution in [0.2, 0.25) is 0 Å². The van der Waals surface area contributed by atoms with Crippen molar-refractivity contribution in [1.82, 2.24) is 5.32 Å². The number of ether oxygens (including phenoxy) is 1. The Kier molecular flexibility index (Phi) is 4.74. The highest BCUT2D eigenvalue weighted by molar-refractivity contribution is 5.78. The summed E-state index contributed by atoms with van der Waals surface area (Å²) in [7, 11) is 1.33. The molecular formula is C16H17NO3. The minimum Gasteiger partial charge on any atom is -0.508 e. The summed E-state index contributed by atoms with van der Waals surface area (Å²) in [6, 6.07) is 15.8. The van der Waals surface area contributed by atoms with Crippen LogP contribution in [-0.2, 0) is 16.1 Å². The van der Waals surface area contributed by atoms with Crippen LogP contribution in [0.4, 0.5) is 0 Å². The number of esters is 1. The van der Waals surface area contributed by atoms with Crippen molar-refractivity contribution in [2.45, 2.75) is 12.6 Å². The maximum Gasteiger partial charge on any atom is 0.327 e. The number of methoxy groups -OCH3 is 1. The van der Waals surface area contributed by atoms with Crippen molar-refractivity contribution in [3.63, 3.8) is 0 Å². The second kappa shape index (κ2) is 6.73. The van der Waals surface area contributed by atoms with Crippen LogP contribution in [0.25, 0.3) is 0 Å². The summed E-state index contributed by atoms with van der Waals surface area (Å²) >= 11 is 0. The Labute approximate surface area is 118 Å². The van der Waals surface area contributed by atoms with Crippen molar-refractivity contribution >= 4 is 5.97 Å². The molecule has 2 rings (SSSR count). The lowest BCUT2D eigenvalue weighted by molar-refractivity contribution is -0.143. The van der Waals surface area contributed by atoms with Crippen molar-refractivity contribution < 1.29 is 14.6 Å². The molecule has 1 atom stereocenters. The van der Waals surface area contributed by atoms with Crippen LogP contribution in [0.1, 0.15) is 17.2 Å². The molecule has 0 saturated carbocycles. The zero-order valence-corrected chi connectivity index (χ0v) is 11.2. The third-order valence-corrected chi connectivity index (χ3v) is 3.04. The van der Waals surface area contributed by atoms with Gasteiger partial charge in [0.05, 0.1) is 7.11 Å². The van der Waals surface area contributed by atoms with Crippen molar-refractivity contribution in [3.8, 4) is 5.75 Å². The number of hydrogen-bond acceptors (Lipinski definition) is 4. The van der Waals surface area contributed by atoms with Crippen molar-refractivity contribution in [2.24, 2.45) is 0 Å². The van der Waals surface area contributed by atoms with E-state index in [4.69, 9.17) is 4.74 Å². The standard InChI is InChI=1S/C16H17NO3/c1-20-16(19)15(13-9-5-6-10-14(13)18)17-11-12-7-3-2-4-8-12/h2-10,15,17-18H,11H2,1H3. The number of carbonyl (C=O) groups is 1. The highest BCUT2D eigenvalue weighted by atomic mass is 16.5. The molecule has 0 aliphatic carbocycles. The molecule has 0 spiro atoms. The number of rotatable bonds is 5. The van der Waals surface area contributed by atoms with E-state index in [2.05, 4.69) is 5.32 Å². The zero-order chi connectivity index (χ0) is 14.4. The van der Waals surface area contributed by atoms with Gasteiger partial charge in [-0.3, -0.25) is 5.32 Å². The minimum atomic E-state index is -0.693. The van der Waals surface area contributed by atoms with E-state index in [1.54, 1.807) is 24.3 Å². The van der Waals surface area contributed by atoms with Crippen LogP contribution in [-0.4, -0.2) is 18.2 Å². The maximum atomic E-state index is 11.9. The Hall–Kier alpha value is -2.33. The normalized spacial score (nSPS) is 11.8. The van der Waals surface area contributed by atoms with Gasteiger partial charge in [0, 0.05) is 12.1 Å². The monoisotopic (exact) mass is 271 g/mol. The number of aromatic hydroxyl groups is 1. The number of benzene rings is 2. The highest BCUT2D eigenvalue weighted by Gasteiger charge is 2.23. The zero-order valence-electron chi connectivity index (χ0n) is 11.2. The fourth-order valence-electron chi connectivity index (χ4n) is 1.99. The first kappa shape index (κ1) is 14.1. The van der Waals surface area contributed by atoms with Gasteiger partial charge in [-0.25, -0.2) is 4.79 Å². The van der Waals surface area contributed by atoms with E-state index in [0.717, 1.165) is 5.56 Å². The van der Waals surface area contributed by atoms with E-state index in [-0.39, 0.29) is 5.75 Å². The largest absolute Gasteiger partial charge is 0.508 e. The Morgan fingerprint density at radius 1 is 1.15 bits per heavy atom. The van der Waals surface area contributed by atoms with Gasteiger partial charge in [0.2, 0.25) is 0 Å². The number of para-hydroxylation sites is 1. The molecule has 0 saturated heterocycles. The summed E-state index contributed by atoms with van der Waals surface area (Å²) in [6.07, 6.45) is 0. The predicted octanol–water partition coefficient (Wildman–Crippen LogP) is 2.40. The lowest BCUT2D eigenvalue weighted by Gasteiger charge is -2.18. The average Bonchev–Trinajstić information content (AvgIpc) is 2.50. The lowest BCUT2D eigenvalue weighted by atomic mass is 10.1. The molecule has 0 bridgehead atoms.